The Hall–Kier alpha value is -4.24. The fraction of sp³-hybridized carbons (Fsp3) is 0.381. The second-order valence-corrected chi connectivity index (χ2v) is 16.9. The number of non-ortho nitro benzene ring substituents is 1. The van der Waals surface area contributed by atoms with Crippen LogP contribution in [-0.4, -0.2) is 98.1 Å². The average molecular weight is 843 g/mol. The lowest BCUT2D eigenvalue weighted by Gasteiger charge is -2.46. The third-order valence-electron chi connectivity index (χ3n) is 10.8. The normalized spacial score (nSPS) is 26.6. The molecule has 16 heteroatoms. The quantitative estimate of drug-likeness (QED) is 0.111. The highest BCUT2D eigenvalue weighted by atomic mass is 32.2. The van der Waals surface area contributed by atoms with Crippen LogP contribution in [0.3, 0.4) is 0 Å². The zero-order valence-corrected chi connectivity index (χ0v) is 32.6. The number of anilines is 1. The van der Waals surface area contributed by atoms with Crippen molar-refractivity contribution in [2.75, 3.05) is 70.8 Å². The predicted molar refractivity (Wildman–Crippen MR) is 210 cm³/mol. The van der Waals surface area contributed by atoms with Crippen molar-refractivity contribution in [3.05, 3.63) is 122 Å². The molecule has 0 bridgehead atoms. The van der Waals surface area contributed by atoms with Gasteiger partial charge in [-0.1, -0.05) is 53.9 Å². The Morgan fingerprint density at radius 2 is 1.28 bits per heavy atom. The number of alkyl halides is 6. The monoisotopic (exact) mass is 842 g/mol. The highest BCUT2D eigenvalue weighted by molar-refractivity contribution is 8.12. The number of hydrogen-bond donors (Lipinski definition) is 0. The Kier molecular flexibility index (Phi) is 10.8. The van der Waals surface area contributed by atoms with E-state index in [4.69, 9.17) is 18.9 Å². The van der Waals surface area contributed by atoms with E-state index >= 15 is 26.3 Å². The van der Waals surface area contributed by atoms with Gasteiger partial charge in [0, 0.05) is 63.0 Å². The third-order valence-corrected chi connectivity index (χ3v) is 14.1. The number of ether oxygens (including phenoxy) is 4. The van der Waals surface area contributed by atoms with Gasteiger partial charge in [-0.15, -0.1) is 11.8 Å². The largest absolute Gasteiger partial charge is 0.380 e. The summed E-state index contributed by atoms with van der Waals surface area (Å²) in [5, 5.41) is 11.3. The molecule has 2 aliphatic carbocycles. The number of halogens is 6. The van der Waals surface area contributed by atoms with Gasteiger partial charge in [0.2, 0.25) is 0 Å². The molecule has 1 saturated heterocycles. The number of rotatable bonds is 3. The van der Waals surface area contributed by atoms with E-state index < -0.39 is 43.3 Å². The smallest absolute Gasteiger partial charge is 0.377 e. The first kappa shape index (κ1) is 40.5. The van der Waals surface area contributed by atoms with Gasteiger partial charge >= 0.3 is 17.8 Å². The SMILES string of the molecule is C[C@@]12SC(c3ccc(N4CCOCCOCCOCCOCC4)cc3)=CC1=C1C(=C3c4ccccc4S[C@]32C#Cc2ccc([N+](=O)[O-])cc2)C(F)(F)C(F)(F)C1(F)F. The first-order valence-corrected chi connectivity index (χ1v) is 20.1. The highest BCUT2D eigenvalue weighted by Crippen LogP contribution is 2.76. The van der Waals surface area contributed by atoms with Crippen LogP contribution < -0.4 is 4.90 Å². The fourth-order valence-corrected chi connectivity index (χ4v) is 11.0. The van der Waals surface area contributed by atoms with Crippen molar-refractivity contribution >= 4 is 45.4 Å². The fourth-order valence-electron chi connectivity index (χ4n) is 7.86. The van der Waals surface area contributed by atoms with Gasteiger partial charge in [-0.25, -0.2) is 0 Å². The number of fused-ring (bicyclic) bond motifs is 6. The molecule has 0 aromatic heterocycles. The molecule has 1 saturated carbocycles. The average Bonchev–Trinajstić information content (AvgIpc) is 3.77. The van der Waals surface area contributed by atoms with E-state index in [-0.39, 0.29) is 28.0 Å². The molecular weight excluding hydrogens is 807 g/mol. The maximum Gasteiger partial charge on any atom is 0.380 e. The number of nitro benzene ring substituents is 1. The molecule has 3 aromatic rings. The number of allylic oxidation sites excluding steroid dienone is 3. The topological polar surface area (TPSA) is 83.3 Å². The Morgan fingerprint density at radius 1 is 0.707 bits per heavy atom. The van der Waals surface area contributed by atoms with Crippen LogP contribution in [-0.2, 0) is 18.9 Å². The lowest BCUT2D eigenvalue weighted by molar-refractivity contribution is -0.384. The van der Waals surface area contributed by atoms with Crippen molar-refractivity contribution in [3.8, 4) is 11.8 Å². The van der Waals surface area contributed by atoms with Crippen molar-refractivity contribution in [2.24, 2.45) is 0 Å². The van der Waals surface area contributed by atoms with E-state index in [2.05, 4.69) is 16.7 Å². The molecule has 3 aliphatic heterocycles. The van der Waals surface area contributed by atoms with Gasteiger partial charge in [0.15, 0.2) is 0 Å². The van der Waals surface area contributed by atoms with Crippen LogP contribution in [0.5, 0.6) is 0 Å². The summed E-state index contributed by atoms with van der Waals surface area (Å²) in [7, 11) is 0. The van der Waals surface area contributed by atoms with Crippen molar-refractivity contribution < 1.29 is 50.2 Å². The van der Waals surface area contributed by atoms with E-state index in [0.29, 0.717) is 81.3 Å². The molecule has 0 spiro atoms. The maximum atomic E-state index is 16.3. The zero-order valence-electron chi connectivity index (χ0n) is 31.0. The molecule has 2 fully saturated rings. The summed E-state index contributed by atoms with van der Waals surface area (Å²) in [4.78, 5) is 13.6. The predicted octanol–water partition coefficient (Wildman–Crippen LogP) is 8.91. The number of thioether (sulfide) groups is 2. The summed E-state index contributed by atoms with van der Waals surface area (Å²) in [5.41, 5.74) is -1.99. The molecule has 0 N–H and O–H groups in total. The summed E-state index contributed by atoms with van der Waals surface area (Å²) in [6, 6.07) is 18.7. The van der Waals surface area contributed by atoms with Crippen LogP contribution >= 0.6 is 23.5 Å². The molecule has 5 aliphatic rings. The summed E-state index contributed by atoms with van der Waals surface area (Å²) < 4.78 is 115. The molecule has 0 amide bonds. The molecule has 8 rings (SSSR count). The number of hydrogen-bond acceptors (Lipinski definition) is 9. The minimum Gasteiger partial charge on any atom is -0.377 e. The van der Waals surface area contributed by atoms with Gasteiger partial charge in [0.25, 0.3) is 5.69 Å². The van der Waals surface area contributed by atoms with Crippen LogP contribution in [0, 0.1) is 22.0 Å². The molecule has 2 atom stereocenters. The molecule has 3 aromatic carbocycles. The van der Waals surface area contributed by atoms with Crippen molar-refractivity contribution in [3.63, 3.8) is 0 Å². The van der Waals surface area contributed by atoms with E-state index in [0.717, 1.165) is 29.2 Å². The standard InChI is InChI=1S/C42H36F6N2O6S2/c1-38-32(26-34(57-38)28-8-12-29(13-9-28)49-16-18-53-20-22-55-24-25-56-23-21-54-19-17-49)36-37(41(45,46)42(47,48)40(36,43)44)35-31-4-2-3-5-33(31)58-39(35,38)15-14-27-6-10-30(11-7-27)50(51)52/h2-13,26H,16-25H2,1H3/t38-,39-/m1/s1. The lowest BCUT2D eigenvalue weighted by atomic mass is 9.69. The zero-order chi connectivity index (χ0) is 40.9. The van der Waals surface area contributed by atoms with Crippen LogP contribution in [0.15, 0.2) is 100 Å². The molecule has 0 unspecified atom stereocenters. The number of benzene rings is 3. The lowest BCUT2D eigenvalue weighted by Crippen LogP contribution is -2.49. The van der Waals surface area contributed by atoms with Crippen LogP contribution in [0.1, 0.15) is 23.6 Å². The molecule has 304 valence electrons. The minimum absolute atomic E-state index is 0.116. The van der Waals surface area contributed by atoms with Crippen LogP contribution in [0.25, 0.3) is 10.5 Å². The molecule has 0 radical (unpaired) electrons. The Labute approximate surface area is 338 Å². The second kappa shape index (κ2) is 15.4. The molecular formula is C42H36F6N2O6S2. The first-order chi connectivity index (χ1) is 27.7. The van der Waals surface area contributed by atoms with Crippen molar-refractivity contribution in [2.45, 2.75) is 39.1 Å². The van der Waals surface area contributed by atoms with Crippen molar-refractivity contribution in [1.29, 1.82) is 0 Å². The van der Waals surface area contributed by atoms with Crippen LogP contribution in [0.4, 0.5) is 37.7 Å². The van der Waals surface area contributed by atoms with Gasteiger partial charge in [-0.2, -0.15) is 26.3 Å². The Bertz CT molecular complexity index is 2260. The highest BCUT2D eigenvalue weighted by Gasteiger charge is 2.85. The summed E-state index contributed by atoms with van der Waals surface area (Å²) >= 11 is 2.16. The summed E-state index contributed by atoms with van der Waals surface area (Å²) in [6.45, 7) is 6.01. The van der Waals surface area contributed by atoms with E-state index in [9.17, 15) is 10.1 Å². The maximum absolute atomic E-state index is 16.3. The molecule has 8 nitrogen and oxygen atoms in total. The number of nitrogens with zero attached hydrogens (tertiary/aromatic N) is 2. The van der Waals surface area contributed by atoms with E-state index in [1.54, 1.807) is 31.2 Å². The first-order valence-electron chi connectivity index (χ1n) is 18.5. The second-order valence-electron chi connectivity index (χ2n) is 14.2. The Morgan fingerprint density at radius 3 is 1.88 bits per heavy atom. The van der Waals surface area contributed by atoms with Gasteiger partial charge in [0.05, 0.1) is 62.5 Å². The van der Waals surface area contributed by atoms with E-state index in [1.165, 1.54) is 42.5 Å². The summed E-state index contributed by atoms with van der Waals surface area (Å²) in [5.74, 6) is -10.2. The molecule has 3 heterocycles. The van der Waals surface area contributed by atoms with Crippen LogP contribution in [0.2, 0.25) is 0 Å². The third kappa shape index (κ3) is 6.54. The summed E-state index contributed by atoms with van der Waals surface area (Å²) in [6.07, 6.45) is 1.33. The van der Waals surface area contributed by atoms with Gasteiger partial charge in [-0.3, -0.25) is 10.1 Å². The Balaban J connectivity index is 1.22. The van der Waals surface area contributed by atoms with E-state index in [1.807, 2.05) is 12.1 Å². The minimum atomic E-state index is -5.74. The van der Waals surface area contributed by atoms with Gasteiger partial charge in [-0.05, 0) is 60.0 Å². The van der Waals surface area contributed by atoms with Gasteiger partial charge in [0.1, 0.15) is 4.75 Å². The molecule has 58 heavy (non-hydrogen) atoms. The number of nitro groups is 1. The van der Waals surface area contributed by atoms with Gasteiger partial charge < -0.3 is 23.8 Å². The van der Waals surface area contributed by atoms with Crippen molar-refractivity contribution in [1.82, 2.24) is 0 Å².